The number of aliphatic hydroxyl groups is 1. The van der Waals surface area contributed by atoms with Crippen LogP contribution in [0.1, 0.15) is 46.0 Å². The topological polar surface area (TPSA) is 69.6 Å². The zero-order valence-corrected chi connectivity index (χ0v) is 11.6. The summed E-state index contributed by atoms with van der Waals surface area (Å²) in [6, 6.07) is 0. The van der Waals surface area contributed by atoms with E-state index in [1.807, 2.05) is 0 Å². The van der Waals surface area contributed by atoms with Crippen LogP contribution in [-0.2, 0) is 9.59 Å². The molecule has 0 heterocycles. The molecule has 0 saturated heterocycles. The normalized spacial score (nSPS) is 10.2. The van der Waals surface area contributed by atoms with Crippen LogP contribution in [0.5, 0.6) is 0 Å². The van der Waals surface area contributed by atoms with E-state index in [4.69, 9.17) is 5.11 Å². The third-order valence-electron chi connectivity index (χ3n) is 2.67. The Morgan fingerprint density at radius 2 is 1.61 bits per heavy atom. The summed E-state index contributed by atoms with van der Waals surface area (Å²) in [6.07, 6.45) is 4.31. The number of nitrogens with one attached hydrogen (secondary N) is 1. The van der Waals surface area contributed by atoms with Gasteiger partial charge < -0.3 is 15.3 Å². The molecule has 0 aliphatic heterocycles. The average Bonchev–Trinajstić information content (AvgIpc) is 2.38. The van der Waals surface area contributed by atoms with Crippen LogP contribution in [0.2, 0.25) is 0 Å². The first-order valence-corrected chi connectivity index (χ1v) is 6.85. The van der Waals surface area contributed by atoms with Crippen LogP contribution >= 0.6 is 0 Å². The standard InChI is InChI=1S/C13H26N2O3/c1-3-5-9-15(10-6-4-2)13(18)12(17)14-8-7-11-16/h16H,3-11H2,1-2H3,(H,14,17). The highest BCUT2D eigenvalue weighted by atomic mass is 16.3. The lowest BCUT2D eigenvalue weighted by Gasteiger charge is -2.21. The second-order valence-corrected chi connectivity index (χ2v) is 4.33. The monoisotopic (exact) mass is 258 g/mol. The molecule has 0 aliphatic rings. The molecular formula is C13H26N2O3. The number of unbranched alkanes of at least 4 members (excludes halogenated alkanes) is 2. The molecule has 0 fully saturated rings. The van der Waals surface area contributed by atoms with E-state index in [1.165, 1.54) is 0 Å². The van der Waals surface area contributed by atoms with Crippen molar-refractivity contribution in [1.82, 2.24) is 10.2 Å². The van der Waals surface area contributed by atoms with Gasteiger partial charge in [0.05, 0.1) is 0 Å². The van der Waals surface area contributed by atoms with Crippen molar-refractivity contribution < 1.29 is 14.7 Å². The Balaban J connectivity index is 4.19. The van der Waals surface area contributed by atoms with E-state index in [1.54, 1.807) is 4.90 Å². The summed E-state index contributed by atoms with van der Waals surface area (Å²) in [7, 11) is 0. The first kappa shape index (κ1) is 16.9. The first-order valence-electron chi connectivity index (χ1n) is 6.85. The van der Waals surface area contributed by atoms with Crippen LogP contribution in [0.4, 0.5) is 0 Å². The molecule has 0 unspecified atom stereocenters. The van der Waals surface area contributed by atoms with Gasteiger partial charge in [0.15, 0.2) is 0 Å². The molecule has 0 aromatic carbocycles. The number of hydrogen-bond acceptors (Lipinski definition) is 3. The van der Waals surface area contributed by atoms with Crippen molar-refractivity contribution in [3.63, 3.8) is 0 Å². The fraction of sp³-hybridized carbons (Fsp3) is 0.846. The molecule has 5 heteroatoms. The van der Waals surface area contributed by atoms with Gasteiger partial charge in [-0.1, -0.05) is 26.7 Å². The van der Waals surface area contributed by atoms with Crippen LogP contribution < -0.4 is 5.32 Å². The molecule has 0 aliphatic carbocycles. The third-order valence-corrected chi connectivity index (χ3v) is 2.67. The highest BCUT2D eigenvalue weighted by Gasteiger charge is 2.20. The molecule has 2 amide bonds. The molecule has 0 saturated carbocycles. The van der Waals surface area contributed by atoms with Crippen LogP contribution in [-0.4, -0.2) is 48.1 Å². The summed E-state index contributed by atoms with van der Waals surface area (Å²) in [5.41, 5.74) is 0. The number of carbonyl (C=O) groups is 2. The Kier molecular flexibility index (Phi) is 10.3. The molecule has 2 N–H and O–H groups in total. The molecule has 18 heavy (non-hydrogen) atoms. The van der Waals surface area contributed by atoms with Gasteiger partial charge in [0, 0.05) is 26.2 Å². The third kappa shape index (κ3) is 7.27. The van der Waals surface area contributed by atoms with Crippen molar-refractivity contribution in [2.75, 3.05) is 26.2 Å². The highest BCUT2D eigenvalue weighted by molar-refractivity contribution is 6.34. The molecule has 0 radical (unpaired) electrons. The van der Waals surface area contributed by atoms with Gasteiger partial charge in [-0.3, -0.25) is 9.59 Å². The van der Waals surface area contributed by atoms with Gasteiger partial charge in [0.1, 0.15) is 0 Å². The van der Waals surface area contributed by atoms with Crippen molar-refractivity contribution in [3.05, 3.63) is 0 Å². The zero-order chi connectivity index (χ0) is 13.8. The summed E-state index contributed by atoms with van der Waals surface area (Å²) in [6.45, 7) is 5.76. The molecule has 0 rings (SSSR count). The molecule has 0 atom stereocenters. The van der Waals surface area contributed by atoms with Crippen LogP contribution in [0.25, 0.3) is 0 Å². The summed E-state index contributed by atoms with van der Waals surface area (Å²) in [5.74, 6) is -1.01. The van der Waals surface area contributed by atoms with Gasteiger partial charge >= 0.3 is 11.8 Å². The number of hydrogen-bond donors (Lipinski definition) is 2. The van der Waals surface area contributed by atoms with Gasteiger partial charge in [-0.2, -0.15) is 0 Å². The van der Waals surface area contributed by atoms with E-state index in [-0.39, 0.29) is 6.61 Å². The Labute approximate surface area is 110 Å². The molecular weight excluding hydrogens is 232 g/mol. The number of nitrogens with zero attached hydrogens (tertiary/aromatic N) is 1. The fourth-order valence-electron chi connectivity index (χ4n) is 1.51. The summed E-state index contributed by atoms with van der Waals surface area (Å²) in [4.78, 5) is 25.1. The molecule has 0 aromatic rings. The quantitative estimate of drug-likeness (QED) is 0.477. The van der Waals surface area contributed by atoms with Crippen LogP contribution in [0.15, 0.2) is 0 Å². The Hall–Kier alpha value is -1.10. The number of aliphatic hydroxyl groups excluding tert-OH is 1. The van der Waals surface area contributed by atoms with E-state index >= 15 is 0 Å². The maximum absolute atomic E-state index is 11.9. The minimum Gasteiger partial charge on any atom is -0.396 e. The molecule has 0 spiro atoms. The van der Waals surface area contributed by atoms with E-state index < -0.39 is 11.8 Å². The van der Waals surface area contributed by atoms with Crippen molar-refractivity contribution in [2.45, 2.75) is 46.0 Å². The van der Waals surface area contributed by atoms with Gasteiger partial charge in [-0.15, -0.1) is 0 Å². The van der Waals surface area contributed by atoms with E-state index in [0.29, 0.717) is 26.1 Å². The number of rotatable bonds is 9. The maximum Gasteiger partial charge on any atom is 0.311 e. The van der Waals surface area contributed by atoms with Crippen molar-refractivity contribution >= 4 is 11.8 Å². The second kappa shape index (κ2) is 11.0. The van der Waals surface area contributed by atoms with Crippen LogP contribution in [0.3, 0.4) is 0 Å². The number of carbonyl (C=O) groups excluding carboxylic acids is 2. The van der Waals surface area contributed by atoms with Gasteiger partial charge in [0.2, 0.25) is 0 Å². The summed E-state index contributed by atoms with van der Waals surface area (Å²) >= 11 is 0. The molecule has 5 nitrogen and oxygen atoms in total. The summed E-state index contributed by atoms with van der Waals surface area (Å²) < 4.78 is 0. The van der Waals surface area contributed by atoms with Crippen molar-refractivity contribution in [1.29, 1.82) is 0 Å². The Bertz CT molecular complexity index is 236. The fourth-order valence-corrected chi connectivity index (χ4v) is 1.51. The van der Waals surface area contributed by atoms with Gasteiger partial charge in [-0.25, -0.2) is 0 Å². The summed E-state index contributed by atoms with van der Waals surface area (Å²) in [5, 5.41) is 11.1. The number of amides is 2. The molecule has 106 valence electrons. The maximum atomic E-state index is 11.9. The average molecular weight is 258 g/mol. The van der Waals surface area contributed by atoms with Gasteiger partial charge in [0.25, 0.3) is 0 Å². The van der Waals surface area contributed by atoms with E-state index in [9.17, 15) is 9.59 Å². The molecule has 0 aromatic heterocycles. The van der Waals surface area contributed by atoms with Crippen molar-refractivity contribution in [2.24, 2.45) is 0 Å². The first-order chi connectivity index (χ1) is 8.67. The minimum absolute atomic E-state index is 0.0177. The lowest BCUT2D eigenvalue weighted by atomic mass is 10.2. The van der Waals surface area contributed by atoms with Crippen molar-refractivity contribution in [3.8, 4) is 0 Å². The largest absolute Gasteiger partial charge is 0.396 e. The SMILES string of the molecule is CCCCN(CCCC)C(=O)C(=O)NCCCO. The predicted molar refractivity (Wildman–Crippen MR) is 71.1 cm³/mol. The van der Waals surface area contributed by atoms with Crippen LogP contribution in [0, 0.1) is 0 Å². The Morgan fingerprint density at radius 1 is 1.06 bits per heavy atom. The Morgan fingerprint density at radius 3 is 2.06 bits per heavy atom. The smallest absolute Gasteiger partial charge is 0.311 e. The second-order valence-electron chi connectivity index (χ2n) is 4.33. The molecule has 0 bridgehead atoms. The van der Waals surface area contributed by atoms with E-state index in [0.717, 1.165) is 25.7 Å². The van der Waals surface area contributed by atoms with Gasteiger partial charge in [-0.05, 0) is 19.3 Å². The predicted octanol–water partition coefficient (Wildman–Crippen LogP) is 0.914. The lowest BCUT2D eigenvalue weighted by molar-refractivity contribution is -0.146. The van der Waals surface area contributed by atoms with E-state index in [2.05, 4.69) is 19.2 Å². The minimum atomic E-state index is -0.560. The zero-order valence-electron chi connectivity index (χ0n) is 11.6. The highest BCUT2D eigenvalue weighted by Crippen LogP contribution is 2.00. The lowest BCUT2D eigenvalue weighted by Crippen LogP contribution is -2.44.